The highest BCUT2D eigenvalue weighted by Gasteiger charge is 2.30. The molecule has 3 heterocycles. The standard InChI is InChI=1S/C23H30N6O5/c1-23(2,3)34-22(33)28-12-10-27(11-13-28)20-24-18-17(19(31)26(5)21(32)25(18)4)29(20)16-9-7-6-8-15(16)14-30/h6-9,30H,10-14H2,1-5H3. The third-order valence-electron chi connectivity index (χ3n) is 5.86. The Balaban J connectivity index is 1.82. The number of anilines is 1. The molecule has 182 valence electrons. The molecule has 1 aliphatic rings. The van der Waals surface area contributed by atoms with Crippen LogP contribution < -0.4 is 16.1 Å². The van der Waals surface area contributed by atoms with Crippen LogP contribution in [0.4, 0.5) is 10.7 Å². The number of aliphatic hydroxyl groups excluding tert-OH is 1. The average Bonchev–Trinajstić information content (AvgIpc) is 3.21. The predicted octanol–water partition coefficient (Wildman–Crippen LogP) is 0.972. The number of ether oxygens (including phenoxy) is 1. The lowest BCUT2D eigenvalue weighted by molar-refractivity contribution is 0.0240. The number of nitrogens with zero attached hydrogens (tertiary/aromatic N) is 6. The molecular formula is C23H30N6O5. The molecule has 0 bridgehead atoms. The number of hydrogen-bond acceptors (Lipinski definition) is 7. The number of piperazine rings is 1. The van der Waals surface area contributed by atoms with E-state index < -0.39 is 16.9 Å². The van der Waals surface area contributed by atoms with Crippen molar-refractivity contribution < 1.29 is 14.6 Å². The van der Waals surface area contributed by atoms with E-state index in [0.717, 1.165) is 4.57 Å². The number of aromatic nitrogens is 4. The Hall–Kier alpha value is -3.60. The van der Waals surface area contributed by atoms with Gasteiger partial charge in [0.15, 0.2) is 11.2 Å². The van der Waals surface area contributed by atoms with Gasteiger partial charge in [0.1, 0.15) is 5.60 Å². The second kappa shape index (κ2) is 8.64. The minimum Gasteiger partial charge on any atom is -0.444 e. The van der Waals surface area contributed by atoms with Gasteiger partial charge in [-0.15, -0.1) is 0 Å². The summed E-state index contributed by atoms with van der Waals surface area (Å²) in [6.45, 7) is 6.99. The maximum Gasteiger partial charge on any atom is 0.410 e. The number of aliphatic hydroxyl groups is 1. The SMILES string of the molecule is Cn1c(=O)c2c(nc(N3CCN(C(=O)OC(C)(C)C)CC3)n2-c2ccccc2CO)n(C)c1=O. The van der Waals surface area contributed by atoms with E-state index >= 15 is 0 Å². The largest absolute Gasteiger partial charge is 0.444 e. The van der Waals surface area contributed by atoms with Crippen LogP contribution in [0.15, 0.2) is 33.9 Å². The molecule has 11 heteroatoms. The van der Waals surface area contributed by atoms with Gasteiger partial charge in [-0.3, -0.25) is 18.5 Å². The zero-order valence-corrected chi connectivity index (χ0v) is 20.1. The van der Waals surface area contributed by atoms with E-state index in [9.17, 15) is 19.5 Å². The number of hydrogen-bond donors (Lipinski definition) is 1. The summed E-state index contributed by atoms with van der Waals surface area (Å²) in [5.41, 5.74) is 0.191. The van der Waals surface area contributed by atoms with E-state index in [4.69, 9.17) is 9.72 Å². The maximum atomic E-state index is 13.2. The third-order valence-corrected chi connectivity index (χ3v) is 5.86. The molecule has 11 nitrogen and oxygen atoms in total. The number of rotatable bonds is 3. The van der Waals surface area contributed by atoms with Gasteiger partial charge >= 0.3 is 11.8 Å². The van der Waals surface area contributed by atoms with E-state index in [0.29, 0.717) is 43.4 Å². The number of benzene rings is 1. The molecule has 3 aromatic rings. The first-order valence-corrected chi connectivity index (χ1v) is 11.1. The highest BCUT2D eigenvalue weighted by Crippen LogP contribution is 2.28. The normalized spacial score (nSPS) is 14.6. The number of para-hydroxylation sites is 1. The van der Waals surface area contributed by atoms with Crippen molar-refractivity contribution in [3.8, 4) is 5.69 Å². The predicted molar refractivity (Wildman–Crippen MR) is 127 cm³/mol. The van der Waals surface area contributed by atoms with E-state index in [1.54, 1.807) is 34.7 Å². The van der Waals surface area contributed by atoms with Gasteiger partial charge in [0, 0.05) is 45.8 Å². The molecule has 1 aliphatic heterocycles. The molecule has 1 N–H and O–H groups in total. The summed E-state index contributed by atoms with van der Waals surface area (Å²) in [6, 6.07) is 7.20. The van der Waals surface area contributed by atoms with Gasteiger partial charge in [-0.05, 0) is 26.8 Å². The van der Waals surface area contributed by atoms with Crippen molar-refractivity contribution in [2.24, 2.45) is 14.1 Å². The molecule has 0 aliphatic carbocycles. The first-order chi connectivity index (χ1) is 16.0. The van der Waals surface area contributed by atoms with E-state index in [1.165, 1.54) is 11.6 Å². The van der Waals surface area contributed by atoms with Crippen LogP contribution in [0, 0.1) is 0 Å². The fourth-order valence-corrected chi connectivity index (χ4v) is 4.10. The maximum absolute atomic E-state index is 13.2. The molecule has 0 atom stereocenters. The Morgan fingerprint density at radius 2 is 1.71 bits per heavy atom. The first-order valence-electron chi connectivity index (χ1n) is 11.1. The zero-order chi connectivity index (χ0) is 24.8. The number of imidazole rings is 1. The van der Waals surface area contributed by atoms with Gasteiger partial charge in [0.25, 0.3) is 5.56 Å². The van der Waals surface area contributed by atoms with Crippen LogP contribution in [0.2, 0.25) is 0 Å². The molecule has 0 spiro atoms. The molecular weight excluding hydrogens is 440 g/mol. The Morgan fingerprint density at radius 1 is 1.06 bits per heavy atom. The van der Waals surface area contributed by atoms with Gasteiger partial charge in [0.2, 0.25) is 5.95 Å². The van der Waals surface area contributed by atoms with Gasteiger partial charge in [-0.1, -0.05) is 18.2 Å². The summed E-state index contributed by atoms with van der Waals surface area (Å²) in [5.74, 6) is 0.470. The van der Waals surface area contributed by atoms with E-state index in [1.807, 2.05) is 31.7 Å². The Morgan fingerprint density at radius 3 is 2.32 bits per heavy atom. The van der Waals surface area contributed by atoms with Crippen molar-refractivity contribution >= 4 is 23.2 Å². The van der Waals surface area contributed by atoms with Gasteiger partial charge in [-0.2, -0.15) is 4.98 Å². The molecule has 0 saturated carbocycles. The molecule has 1 amide bonds. The minimum atomic E-state index is -0.582. The van der Waals surface area contributed by atoms with Gasteiger partial charge in [-0.25, -0.2) is 9.59 Å². The monoisotopic (exact) mass is 470 g/mol. The van der Waals surface area contributed by atoms with Crippen molar-refractivity contribution in [1.29, 1.82) is 0 Å². The molecule has 34 heavy (non-hydrogen) atoms. The van der Waals surface area contributed by atoms with Crippen molar-refractivity contribution in [3.05, 3.63) is 50.7 Å². The van der Waals surface area contributed by atoms with Crippen LogP contribution in [-0.2, 0) is 25.4 Å². The van der Waals surface area contributed by atoms with E-state index in [-0.39, 0.29) is 23.9 Å². The molecule has 1 saturated heterocycles. The molecule has 1 fully saturated rings. The van der Waals surface area contributed by atoms with Gasteiger partial charge in [0.05, 0.1) is 12.3 Å². The number of carbonyl (C=O) groups is 1. The minimum absolute atomic E-state index is 0.228. The van der Waals surface area contributed by atoms with Gasteiger partial charge < -0.3 is 19.6 Å². The van der Waals surface area contributed by atoms with Crippen LogP contribution in [-0.4, -0.2) is 66.6 Å². The van der Waals surface area contributed by atoms with Crippen molar-refractivity contribution in [2.75, 3.05) is 31.1 Å². The first kappa shape index (κ1) is 23.6. The molecule has 0 unspecified atom stereocenters. The van der Waals surface area contributed by atoms with Crippen LogP contribution in [0.3, 0.4) is 0 Å². The number of carbonyl (C=O) groups excluding carboxylic acids is 1. The quantitative estimate of drug-likeness (QED) is 0.607. The van der Waals surface area contributed by atoms with Crippen molar-refractivity contribution in [3.63, 3.8) is 0 Å². The second-order valence-corrected chi connectivity index (χ2v) is 9.37. The lowest BCUT2D eigenvalue weighted by Crippen LogP contribution is -2.50. The van der Waals surface area contributed by atoms with Crippen LogP contribution >= 0.6 is 0 Å². The summed E-state index contributed by atoms with van der Waals surface area (Å²) in [6.07, 6.45) is -0.373. The summed E-state index contributed by atoms with van der Waals surface area (Å²) in [7, 11) is 3.00. The lowest BCUT2D eigenvalue weighted by Gasteiger charge is -2.36. The Kier molecular flexibility index (Phi) is 5.98. The fourth-order valence-electron chi connectivity index (χ4n) is 4.10. The molecule has 2 aromatic heterocycles. The van der Waals surface area contributed by atoms with Crippen LogP contribution in [0.25, 0.3) is 16.9 Å². The van der Waals surface area contributed by atoms with Crippen molar-refractivity contribution in [1.82, 2.24) is 23.6 Å². The number of aryl methyl sites for hydroxylation is 1. The summed E-state index contributed by atoms with van der Waals surface area (Å²) in [5, 5.41) is 9.96. The van der Waals surface area contributed by atoms with E-state index in [2.05, 4.69) is 0 Å². The summed E-state index contributed by atoms with van der Waals surface area (Å²) in [4.78, 5) is 46.6. The zero-order valence-electron chi connectivity index (χ0n) is 20.1. The highest BCUT2D eigenvalue weighted by atomic mass is 16.6. The summed E-state index contributed by atoms with van der Waals surface area (Å²) < 4.78 is 9.58. The van der Waals surface area contributed by atoms with Crippen molar-refractivity contribution in [2.45, 2.75) is 33.0 Å². The Bertz CT molecular complexity index is 1360. The fraction of sp³-hybridized carbons (Fsp3) is 0.478. The molecule has 0 radical (unpaired) electrons. The molecule has 4 rings (SSSR count). The smallest absolute Gasteiger partial charge is 0.410 e. The number of amides is 1. The average molecular weight is 471 g/mol. The van der Waals surface area contributed by atoms with Crippen LogP contribution in [0.5, 0.6) is 0 Å². The molecule has 1 aromatic carbocycles. The second-order valence-electron chi connectivity index (χ2n) is 9.37. The number of fused-ring (bicyclic) bond motifs is 1. The topological polar surface area (TPSA) is 115 Å². The highest BCUT2D eigenvalue weighted by molar-refractivity contribution is 5.78. The van der Waals surface area contributed by atoms with Crippen LogP contribution in [0.1, 0.15) is 26.3 Å². The Labute approximate surface area is 196 Å². The summed E-state index contributed by atoms with van der Waals surface area (Å²) >= 11 is 0. The third kappa shape index (κ3) is 4.07. The lowest BCUT2D eigenvalue weighted by atomic mass is 10.2.